The predicted molar refractivity (Wildman–Crippen MR) is 60.9 cm³/mol. The number of hydrogen-bond acceptors (Lipinski definition) is 2. The van der Waals surface area contributed by atoms with Crippen molar-refractivity contribution in [3.05, 3.63) is 11.1 Å². The maximum atomic E-state index is 8.52. The van der Waals surface area contributed by atoms with E-state index in [0.29, 0.717) is 19.6 Å². The summed E-state index contributed by atoms with van der Waals surface area (Å²) >= 11 is 11.8. The van der Waals surface area contributed by atoms with Crippen molar-refractivity contribution in [3.8, 4) is 0 Å². The Morgan fingerprint density at radius 3 is 2.64 bits per heavy atom. The fraction of sp³-hybridized carbons (Fsp3) is 0.800. The van der Waals surface area contributed by atoms with Crippen LogP contribution in [0.3, 0.4) is 0 Å². The lowest BCUT2D eigenvalue weighted by atomic mass is 10.1. The fourth-order valence-electron chi connectivity index (χ4n) is 0.890. The van der Waals surface area contributed by atoms with Crippen molar-refractivity contribution in [3.63, 3.8) is 0 Å². The van der Waals surface area contributed by atoms with Crippen molar-refractivity contribution >= 4 is 23.2 Å². The summed E-state index contributed by atoms with van der Waals surface area (Å²) in [6.07, 6.45) is 2.48. The van der Waals surface area contributed by atoms with E-state index in [1.54, 1.807) is 0 Å². The Labute approximate surface area is 95.8 Å². The quantitative estimate of drug-likeness (QED) is 0.548. The Balaban J connectivity index is 3.67. The summed E-state index contributed by atoms with van der Waals surface area (Å²) < 4.78 is 5.31. The third kappa shape index (κ3) is 7.63. The van der Waals surface area contributed by atoms with Gasteiger partial charge >= 0.3 is 0 Å². The van der Waals surface area contributed by atoms with Gasteiger partial charge in [0.2, 0.25) is 0 Å². The number of ether oxygens (including phenoxy) is 1. The van der Waals surface area contributed by atoms with Gasteiger partial charge in [-0.1, -0.05) is 24.6 Å². The zero-order valence-corrected chi connectivity index (χ0v) is 10.2. The first-order chi connectivity index (χ1) is 6.57. The molecule has 0 unspecified atom stereocenters. The SMILES string of the molecule is C[C@H](COCCCO)/C(Cl)=C\[C@@H](C)Cl. The minimum absolute atomic E-state index is 0.0533. The molecule has 0 radical (unpaired) electrons. The second-order valence-electron chi connectivity index (χ2n) is 3.28. The topological polar surface area (TPSA) is 29.5 Å². The molecule has 0 fully saturated rings. The van der Waals surface area contributed by atoms with Crippen molar-refractivity contribution in [1.82, 2.24) is 0 Å². The molecule has 0 aliphatic heterocycles. The second-order valence-corrected chi connectivity index (χ2v) is 4.41. The number of hydrogen-bond donors (Lipinski definition) is 1. The average Bonchev–Trinajstić information content (AvgIpc) is 2.11. The van der Waals surface area contributed by atoms with Crippen LogP contribution in [0, 0.1) is 5.92 Å². The Hall–Kier alpha value is 0.240. The number of alkyl halides is 1. The highest BCUT2D eigenvalue weighted by Gasteiger charge is 2.07. The van der Waals surface area contributed by atoms with Crippen LogP contribution in [-0.2, 0) is 4.74 Å². The monoisotopic (exact) mass is 240 g/mol. The Morgan fingerprint density at radius 1 is 1.50 bits per heavy atom. The molecule has 0 aromatic rings. The van der Waals surface area contributed by atoms with Crippen LogP contribution >= 0.6 is 23.2 Å². The van der Waals surface area contributed by atoms with Gasteiger partial charge in [0, 0.05) is 24.2 Å². The molecule has 0 aliphatic rings. The minimum atomic E-state index is -0.0533. The zero-order valence-electron chi connectivity index (χ0n) is 8.67. The van der Waals surface area contributed by atoms with Gasteiger partial charge in [0.25, 0.3) is 0 Å². The molecule has 14 heavy (non-hydrogen) atoms. The first kappa shape index (κ1) is 14.2. The van der Waals surface area contributed by atoms with Crippen LogP contribution in [0.15, 0.2) is 11.1 Å². The largest absolute Gasteiger partial charge is 0.396 e. The van der Waals surface area contributed by atoms with E-state index in [2.05, 4.69) is 0 Å². The number of allylic oxidation sites excluding steroid dienone is 1. The number of aliphatic hydroxyl groups is 1. The van der Waals surface area contributed by atoms with E-state index in [1.807, 2.05) is 19.9 Å². The molecule has 0 bridgehead atoms. The van der Waals surface area contributed by atoms with Crippen molar-refractivity contribution in [1.29, 1.82) is 0 Å². The normalized spacial score (nSPS) is 16.8. The van der Waals surface area contributed by atoms with Crippen LogP contribution in [0.5, 0.6) is 0 Å². The van der Waals surface area contributed by atoms with Gasteiger partial charge in [-0.25, -0.2) is 0 Å². The van der Waals surface area contributed by atoms with Gasteiger partial charge < -0.3 is 9.84 Å². The molecule has 0 saturated heterocycles. The highest BCUT2D eigenvalue weighted by Crippen LogP contribution is 2.17. The molecule has 1 N–H and O–H groups in total. The van der Waals surface area contributed by atoms with E-state index in [4.69, 9.17) is 33.0 Å². The molecule has 0 spiro atoms. The van der Waals surface area contributed by atoms with Gasteiger partial charge in [-0.05, 0) is 13.3 Å². The standard InChI is InChI=1S/C10H18Cl2O2/c1-8(7-14-5-3-4-13)10(12)6-9(2)11/h6,8-9,13H,3-5,7H2,1-2H3/b10-6+/t8-,9-/m1/s1. The van der Waals surface area contributed by atoms with E-state index in [1.165, 1.54) is 0 Å². The van der Waals surface area contributed by atoms with Gasteiger partial charge in [0.15, 0.2) is 0 Å². The van der Waals surface area contributed by atoms with Gasteiger partial charge in [0.1, 0.15) is 0 Å². The van der Waals surface area contributed by atoms with Crippen LogP contribution in [0.4, 0.5) is 0 Å². The molecule has 0 aliphatic carbocycles. The summed E-state index contributed by atoms with van der Waals surface area (Å²) in [6, 6.07) is 0. The van der Waals surface area contributed by atoms with E-state index in [9.17, 15) is 0 Å². The summed E-state index contributed by atoms with van der Waals surface area (Å²) in [5, 5.41) is 9.20. The highest BCUT2D eigenvalue weighted by molar-refractivity contribution is 6.31. The maximum Gasteiger partial charge on any atom is 0.0540 e. The summed E-state index contributed by atoms with van der Waals surface area (Å²) in [6.45, 7) is 5.15. The van der Waals surface area contributed by atoms with Crippen LogP contribution in [-0.4, -0.2) is 30.3 Å². The molecule has 0 aromatic carbocycles. The van der Waals surface area contributed by atoms with Crippen LogP contribution < -0.4 is 0 Å². The van der Waals surface area contributed by atoms with E-state index in [-0.39, 0.29) is 17.9 Å². The summed E-state index contributed by atoms with van der Waals surface area (Å²) in [7, 11) is 0. The molecule has 0 heterocycles. The predicted octanol–water partition coefficient (Wildman–Crippen LogP) is 2.77. The molecular formula is C10H18Cl2O2. The maximum absolute atomic E-state index is 8.52. The molecule has 0 aromatic heterocycles. The Bertz CT molecular complexity index is 170. The minimum Gasteiger partial charge on any atom is -0.396 e. The highest BCUT2D eigenvalue weighted by atomic mass is 35.5. The summed E-state index contributed by atoms with van der Waals surface area (Å²) in [4.78, 5) is 0. The second kappa shape index (κ2) is 8.54. The van der Waals surface area contributed by atoms with Crippen molar-refractivity contribution in [2.75, 3.05) is 19.8 Å². The lowest BCUT2D eigenvalue weighted by molar-refractivity contribution is 0.100. The van der Waals surface area contributed by atoms with E-state index >= 15 is 0 Å². The van der Waals surface area contributed by atoms with Crippen molar-refractivity contribution in [2.45, 2.75) is 25.6 Å². The van der Waals surface area contributed by atoms with Gasteiger partial charge in [-0.2, -0.15) is 0 Å². The third-order valence-corrected chi connectivity index (χ3v) is 2.30. The molecular weight excluding hydrogens is 223 g/mol. The number of rotatable bonds is 7. The molecule has 2 atom stereocenters. The van der Waals surface area contributed by atoms with Crippen molar-refractivity contribution in [2.24, 2.45) is 5.92 Å². The Kier molecular flexibility index (Phi) is 8.69. The van der Waals surface area contributed by atoms with Crippen LogP contribution in [0.1, 0.15) is 20.3 Å². The van der Waals surface area contributed by atoms with Gasteiger partial charge in [-0.3, -0.25) is 0 Å². The molecule has 0 amide bonds. The van der Waals surface area contributed by atoms with E-state index < -0.39 is 0 Å². The third-order valence-electron chi connectivity index (χ3n) is 1.67. The lowest BCUT2D eigenvalue weighted by Gasteiger charge is -2.11. The average molecular weight is 241 g/mol. The van der Waals surface area contributed by atoms with Gasteiger partial charge in [-0.15, -0.1) is 11.6 Å². The Morgan fingerprint density at radius 2 is 2.14 bits per heavy atom. The summed E-state index contributed by atoms with van der Waals surface area (Å²) in [5.74, 6) is 0.163. The first-order valence-electron chi connectivity index (χ1n) is 4.77. The smallest absolute Gasteiger partial charge is 0.0540 e. The molecule has 4 heteroatoms. The zero-order chi connectivity index (χ0) is 11.0. The molecule has 84 valence electrons. The van der Waals surface area contributed by atoms with Gasteiger partial charge in [0.05, 0.1) is 12.0 Å². The van der Waals surface area contributed by atoms with Crippen molar-refractivity contribution < 1.29 is 9.84 Å². The fourth-order valence-corrected chi connectivity index (χ4v) is 1.34. The van der Waals surface area contributed by atoms with Crippen LogP contribution in [0.2, 0.25) is 0 Å². The molecule has 2 nitrogen and oxygen atoms in total. The lowest BCUT2D eigenvalue weighted by Crippen LogP contribution is -2.08. The summed E-state index contributed by atoms with van der Waals surface area (Å²) in [5.41, 5.74) is 0. The van der Waals surface area contributed by atoms with Crippen LogP contribution in [0.25, 0.3) is 0 Å². The number of aliphatic hydroxyl groups excluding tert-OH is 1. The molecule has 0 saturated carbocycles. The van der Waals surface area contributed by atoms with E-state index in [0.717, 1.165) is 5.03 Å². The molecule has 0 rings (SSSR count). The number of halogens is 2. The first-order valence-corrected chi connectivity index (χ1v) is 5.59.